The number of hydrogen-bond donors (Lipinski definition) is 0. The predicted molar refractivity (Wildman–Crippen MR) is 249 cm³/mol. The minimum atomic E-state index is -0.141. The number of nitrogens with zero attached hydrogens (tertiary/aromatic N) is 2. The fourth-order valence-corrected chi connectivity index (χ4v) is 10.5. The highest BCUT2D eigenvalue weighted by molar-refractivity contribution is 5.95. The highest BCUT2D eigenvalue weighted by atomic mass is 15.2. The van der Waals surface area contributed by atoms with Gasteiger partial charge in [0.15, 0.2) is 0 Å². The molecule has 2 heterocycles. The molecule has 0 amide bonds. The van der Waals surface area contributed by atoms with Crippen molar-refractivity contribution in [3.63, 3.8) is 0 Å². The second kappa shape index (κ2) is 13.5. The van der Waals surface area contributed by atoms with Crippen molar-refractivity contribution in [2.75, 3.05) is 9.80 Å². The number of fused-ring (bicyclic) bond motifs is 10. The van der Waals surface area contributed by atoms with Crippen molar-refractivity contribution in [1.29, 1.82) is 0 Å². The Balaban J connectivity index is 0.909. The molecule has 2 aliphatic heterocycles. The van der Waals surface area contributed by atoms with Crippen LogP contribution in [0.1, 0.15) is 50.1 Å². The molecule has 280 valence electrons. The Labute approximate surface area is 346 Å². The van der Waals surface area contributed by atoms with E-state index in [2.05, 4.69) is 228 Å². The van der Waals surface area contributed by atoms with E-state index < -0.39 is 0 Å². The Morgan fingerprint density at radius 2 is 1.00 bits per heavy atom. The van der Waals surface area contributed by atoms with Gasteiger partial charge in [0.05, 0.1) is 17.4 Å². The molecule has 7 aromatic rings. The molecule has 0 bridgehead atoms. The zero-order chi connectivity index (χ0) is 38.9. The number of benzene rings is 7. The molecule has 2 heteroatoms. The van der Waals surface area contributed by atoms with E-state index in [-0.39, 0.29) is 11.5 Å². The molecule has 2 atom stereocenters. The molecule has 1 spiro atoms. The molecule has 2 unspecified atom stereocenters. The summed E-state index contributed by atoms with van der Waals surface area (Å²) in [6, 6.07) is 59.1. The summed E-state index contributed by atoms with van der Waals surface area (Å²) in [6.07, 6.45) is 24.7. The fraction of sp³-hybridized carbons (Fsp3) is 0.0877. The van der Waals surface area contributed by atoms with Crippen molar-refractivity contribution in [2.24, 2.45) is 5.92 Å². The zero-order valence-electron chi connectivity index (χ0n) is 32.7. The van der Waals surface area contributed by atoms with Gasteiger partial charge in [-0.05, 0) is 117 Å². The molecule has 0 saturated carbocycles. The normalized spacial score (nSPS) is 18.4. The molecule has 0 fully saturated rings. The van der Waals surface area contributed by atoms with Gasteiger partial charge in [-0.2, -0.15) is 0 Å². The van der Waals surface area contributed by atoms with Crippen molar-refractivity contribution in [2.45, 2.75) is 24.3 Å². The zero-order valence-corrected chi connectivity index (χ0v) is 32.7. The van der Waals surface area contributed by atoms with Gasteiger partial charge in [-0.15, -0.1) is 0 Å². The Morgan fingerprint density at radius 3 is 1.71 bits per heavy atom. The highest BCUT2D eigenvalue weighted by Crippen LogP contribution is 2.57. The molecule has 0 aromatic heterocycles. The average Bonchev–Trinajstić information content (AvgIpc) is 3.67. The third kappa shape index (κ3) is 5.47. The van der Waals surface area contributed by atoms with E-state index in [9.17, 15) is 0 Å². The van der Waals surface area contributed by atoms with Crippen LogP contribution in [0.15, 0.2) is 188 Å². The van der Waals surface area contributed by atoms with E-state index in [1.807, 2.05) is 0 Å². The van der Waals surface area contributed by atoms with E-state index in [0.717, 1.165) is 12.8 Å². The van der Waals surface area contributed by atoms with Crippen LogP contribution in [0.25, 0.3) is 41.5 Å². The number of para-hydroxylation sites is 3. The summed E-state index contributed by atoms with van der Waals surface area (Å²) < 4.78 is 0. The second-order valence-electron chi connectivity index (χ2n) is 16.6. The number of anilines is 5. The largest absolute Gasteiger partial charge is 0.333 e. The van der Waals surface area contributed by atoms with E-state index in [1.165, 1.54) is 89.6 Å². The minimum absolute atomic E-state index is 0.141. The summed E-state index contributed by atoms with van der Waals surface area (Å²) in [5.41, 5.74) is 20.5. The topological polar surface area (TPSA) is 6.48 Å². The Kier molecular flexibility index (Phi) is 7.74. The third-order valence-corrected chi connectivity index (χ3v) is 13.3. The molecule has 12 rings (SSSR count). The van der Waals surface area contributed by atoms with Crippen LogP contribution in [0.4, 0.5) is 28.4 Å². The first-order valence-electron chi connectivity index (χ1n) is 20.9. The quantitative estimate of drug-likeness (QED) is 0.165. The molecule has 0 saturated heterocycles. The maximum Gasteiger partial charge on any atom is 0.0623 e. The molecular formula is C57H42N2. The second-order valence-corrected chi connectivity index (χ2v) is 16.6. The smallest absolute Gasteiger partial charge is 0.0623 e. The average molecular weight is 755 g/mol. The lowest BCUT2D eigenvalue weighted by molar-refractivity contribution is 0.563. The van der Waals surface area contributed by atoms with Crippen LogP contribution in [0.2, 0.25) is 0 Å². The van der Waals surface area contributed by atoms with Crippen LogP contribution < -0.4 is 9.80 Å². The highest BCUT2D eigenvalue weighted by Gasteiger charge is 2.47. The molecule has 3 aliphatic carbocycles. The molecule has 7 aromatic carbocycles. The van der Waals surface area contributed by atoms with Crippen LogP contribution >= 0.6 is 0 Å². The van der Waals surface area contributed by atoms with Crippen LogP contribution in [0.5, 0.6) is 0 Å². The standard InChI is InChI=1S/C57H42N2/c1-2-16-46-38-57(37-45(46)15-1)51-35-40(22-21-39-23-30-47(31-24-39)58-53-17-7-3-11-41(53)26-27-42-12-4-8-18-54(42)58)25-33-49(51)50-34-32-48(36-52(50)57)59-55-19-9-5-13-43(55)28-29-44-14-6-10-20-56(44)59/h1-36,41,53H,37-38H2. The fourth-order valence-electron chi connectivity index (χ4n) is 10.5. The van der Waals surface area contributed by atoms with Crippen LogP contribution in [-0.2, 0) is 18.3 Å². The Hall–Kier alpha value is -7.16. The summed E-state index contributed by atoms with van der Waals surface area (Å²) in [6.45, 7) is 0. The molecule has 59 heavy (non-hydrogen) atoms. The molecule has 0 radical (unpaired) electrons. The minimum Gasteiger partial charge on any atom is -0.333 e. The third-order valence-electron chi connectivity index (χ3n) is 13.3. The first-order chi connectivity index (χ1) is 29.2. The van der Waals surface area contributed by atoms with Crippen LogP contribution in [0.3, 0.4) is 0 Å². The maximum atomic E-state index is 2.51. The van der Waals surface area contributed by atoms with Gasteiger partial charge in [-0.3, -0.25) is 0 Å². The lowest BCUT2D eigenvalue weighted by Gasteiger charge is -2.35. The summed E-state index contributed by atoms with van der Waals surface area (Å²) in [7, 11) is 0. The number of rotatable bonds is 4. The molecule has 5 aliphatic rings. The van der Waals surface area contributed by atoms with Crippen molar-refractivity contribution < 1.29 is 0 Å². The SMILES string of the molecule is C1=CC2C=Cc3ccccc3N(c3ccc(C=Cc4ccc5c(c4)C4(Cc6ccccc6C4)c4cc(N6c7ccccc7C=Cc7ccccc76)ccc4-5)cc3)C2C=C1. The Bertz CT molecular complexity index is 2900. The van der Waals surface area contributed by atoms with Gasteiger partial charge in [-0.25, -0.2) is 0 Å². The maximum absolute atomic E-state index is 2.51. The molecule has 0 N–H and O–H groups in total. The predicted octanol–water partition coefficient (Wildman–Crippen LogP) is 14.2. The van der Waals surface area contributed by atoms with Gasteiger partial charge in [-0.1, -0.05) is 176 Å². The van der Waals surface area contributed by atoms with Crippen molar-refractivity contribution in [3.05, 3.63) is 238 Å². The van der Waals surface area contributed by atoms with Crippen molar-refractivity contribution in [1.82, 2.24) is 0 Å². The van der Waals surface area contributed by atoms with Crippen LogP contribution in [0, 0.1) is 5.92 Å². The van der Waals surface area contributed by atoms with Crippen molar-refractivity contribution >= 4 is 58.8 Å². The summed E-state index contributed by atoms with van der Waals surface area (Å²) in [5.74, 6) is 0.320. The monoisotopic (exact) mass is 754 g/mol. The van der Waals surface area contributed by atoms with Gasteiger partial charge < -0.3 is 9.80 Å². The van der Waals surface area contributed by atoms with E-state index >= 15 is 0 Å². The molecular weight excluding hydrogens is 713 g/mol. The van der Waals surface area contributed by atoms with Gasteiger partial charge in [0.1, 0.15) is 0 Å². The number of hydrogen-bond acceptors (Lipinski definition) is 2. The first-order valence-corrected chi connectivity index (χ1v) is 20.9. The Morgan fingerprint density at radius 1 is 0.458 bits per heavy atom. The van der Waals surface area contributed by atoms with Gasteiger partial charge in [0.2, 0.25) is 0 Å². The van der Waals surface area contributed by atoms with Gasteiger partial charge in [0.25, 0.3) is 0 Å². The molecule has 2 nitrogen and oxygen atoms in total. The van der Waals surface area contributed by atoms with Gasteiger partial charge in [0, 0.05) is 28.4 Å². The number of allylic oxidation sites excluding steroid dienone is 2. The van der Waals surface area contributed by atoms with Crippen LogP contribution in [-0.4, -0.2) is 6.04 Å². The summed E-state index contributed by atoms with van der Waals surface area (Å²) in [5, 5.41) is 0. The summed E-state index contributed by atoms with van der Waals surface area (Å²) >= 11 is 0. The first kappa shape index (κ1) is 33.9. The van der Waals surface area contributed by atoms with E-state index in [1.54, 1.807) is 0 Å². The van der Waals surface area contributed by atoms with Gasteiger partial charge >= 0.3 is 0 Å². The van der Waals surface area contributed by atoms with E-state index in [4.69, 9.17) is 0 Å². The van der Waals surface area contributed by atoms with Crippen molar-refractivity contribution in [3.8, 4) is 11.1 Å². The van der Waals surface area contributed by atoms with E-state index in [0.29, 0.717) is 5.92 Å². The lowest BCUT2D eigenvalue weighted by atomic mass is 9.75. The summed E-state index contributed by atoms with van der Waals surface area (Å²) in [4.78, 5) is 4.96. The lowest BCUT2D eigenvalue weighted by Crippen LogP contribution is -2.35.